The quantitative estimate of drug-likeness (QED) is 0.863. The van der Waals surface area contributed by atoms with Crippen molar-refractivity contribution in [3.63, 3.8) is 0 Å². The first kappa shape index (κ1) is 12.8. The van der Waals surface area contributed by atoms with Crippen LogP contribution in [0.5, 0.6) is 0 Å². The second-order valence-electron chi connectivity index (χ2n) is 4.80. The van der Waals surface area contributed by atoms with E-state index in [0.29, 0.717) is 11.3 Å². The van der Waals surface area contributed by atoms with Crippen molar-refractivity contribution in [2.24, 2.45) is 0 Å². The number of nitrogens with zero attached hydrogens (tertiary/aromatic N) is 4. The zero-order valence-electron chi connectivity index (χ0n) is 10.6. The number of thioether (sulfide) groups is 1. The molecule has 0 saturated carbocycles. The predicted molar refractivity (Wildman–Crippen MR) is 69.9 cm³/mol. The van der Waals surface area contributed by atoms with Crippen LogP contribution in [0.2, 0.25) is 0 Å². The summed E-state index contributed by atoms with van der Waals surface area (Å²) >= 11 is 2.06. The summed E-state index contributed by atoms with van der Waals surface area (Å²) in [6.45, 7) is 5.96. The summed E-state index contributed by atoms with van der Waals surface area (Å²) in [5.41, 5.74) is 0. The average molecular weight is 255 g/mol. The molecule has 0 aliphatic carbocycles. The maximum atomic E-state index is 4.09. The van der Waals surface area contributed by atoms with Crippen molar-refractivity contribution in [1.29, 1.82) is 0 Å². The molecule has 0 amide bonds. The Morgan fingerprint density at radius 2 is 2.35 bits per heavy atom. The van der Waals surface area contributed by atoms with Gasteiger partial charge >= 0.3 is 0 Å². The van der Waals surface area contributed by atoms with Crippen LogP contribution in [0.25, 0.3) is 0 Å². The number of tetrazole rings is 1. The highest BCUT2D eigenvalue weighted by Crippen LogP contribution is 2.26. The number of hydrogen-bond acceptors (Lipinski definition) is 5. The zero-order valence-corrected chi connectivity index (χ0v) is 11.4. The number of aromatic nitrogens is 4. The largest absolute Gasteiger partial charge is 0.308 e. The Hall–Kier alpha value is -0.620. The SMILES string of the molecule is CC(C)NCc1nnnn1CC1CCCCS1. The van der Waals surface area contributed by atoms with E-state index in [2.05, 4.69) is 46.5 Å². The third-order valence-electron chi connectivity index (χ3n) is 2.93. The van der Waals surface area contributed by atoms with Gasteiger partial charge < -0.3 is 5.32 Å². The van der Waals surface area contributed by atoms with Gasteiger partial charge in [-0.2, -0.15) is 11.8 Å². The molecule has 1 aromatic heterocycles. The van der Waals surface area contributed by atoms with E-state index in [9.17, 15) is 0 Å². The monoisotopic (exact) mass is 255 g/mol. The van der Waals surface area contributed by atoms with Crippen molar-refractivity contribution in [2.45, 2.75) is 57.5 Å². The fraction of sp³-hybridized carbons (Fsp3) is 0.909. The summed E-state index contributed by atoms with van der Waals surface area (Å²) in [5.74, 6) is 2.23. The molecule has 2 rings (SSSR count). The molecule has 0 spiro atoms. The van der Waals surface area contributed by atoms with Crippen LogP contribution in [0, 0.1) is 0 Å². The zero-order chi connectivity index (χ0) is 12.1. The van der Waals surface area contributed by atoms with E-state index >= 15 is 0 Å². The van der Waals surface area contributed by atoms with Crippen molar-refractivity contribution >= 4 is 11.8 Å². The predicted octanol–water partition coefficient (Wildman–Crippen LogP) is 1.46. The number of rotatable bonds is 5. The second kappa shape index (κ2) is 6.35. The molecule has 1 aliphatic rings. The lowest BCUT2D eigenvalue weighted by Gasteiger charge is -2.21. The molecule has 96 valence electrons. The first-order chi connectivity index (χ1) is 8.25. The molecule has 1 aromatic rings. The first-order valence-corrected chi connectivity index (χ1v) is 7.40. The van der Waals surface area contributed by atoms with Gasteiger partial charge in [-0.15, -0.1) is 5.10 Å². The van der Waals surface area contributed by atoms with E-state index in [-0.39, 0.29) is 0 Å². The van der Waals surface area contributed by atoms with Crippen molar-refractivity contribution in [3.05, 3.63) is 5.82 Å². The molecule has 0 aromatic carbocycles. The molecule has 1 unspecified atom stereocenters. The van der Waals surface area contributed by atoms with Crippen LogP contribution < -0.4 is 5.32 Å². The molecule has 1 N–H and O–H groups in total. The lowest BCUT2D eigenvalue weighted by atomic mass is 10.2. The fourth-order valence-corrected chi connectivity index (χ4v) is 3.22. The molecule has 1 saturated heterocycles. The molecule has 1 atom stereocenters. The molecule has 5 nitrogen and oxygen atoms in total. The normalized spacial score (nSPS) is 21.0. The third kappa shape index (κ3) is 3.96. The maximum Gasteiger partial charge on any atom is 0.165 e. The Bertz CT molecular complexity index is 332. The summed E-state index contributed by atoms with van der Waals surface area (Å²) in [5, 5.41) is 16.0. The molecule has 1 aliphatic heterocycles. The lowest BCUT2D eigenvalue weighted by molar-refractivity contribution is 0.491. The highest BCUT2D eigenvalue weighted by atomic mass is 32.2. The summed E-state index contributed by atoms with van der Waals surface area (Å²) in [6, 6.07) is 0.462. The topological polar surface area (TPSA) is 55.6 Å². The number of hydrogen-bond donors (Lipinski definition) is 1. The van der Waals surface area contributed by atoms with Gasteiger partial charge in [-0.1, -0.05) is 20.3 Å². The van der Waals surface area contributed by atoms with Crippen LogP contribution in [0.3, 0.4) is 0 Å². The molecule has 17 heavy (non-hydrogen) atoms. The van der Waals surface area contributed by atoms with Crippen molar-refractivity contribution < 1.29 is 0 Å². The van der Waals surface area contributed by atoms with Gasteiger partial charge in [-0.3, -0.25) is 0 Å². The minimum Gasteiger partial charge on any atom is -0.308 e. The average Bonchev–Trinajstić information content (AvgIpc) is 2.75. The van der Waals surface area contributed by atoms with Crippen LogP contribution in [0.1, 0.15) is 38.9 Å². The molecular weight excluding hydrogens is 234 g/mol. The van der Waals surface area contributed by atoms with Crippen LogP contribution in [0.4, 0.5) is 0 Å². The van der Waals surface area contributed by atoms with E-state index < -0.39 is 0 Å². The van der Waals surface area contributed by atoms with Crippen LogP contribution in [-0.2, 0) is 13.1 Å². The van der Waals surface area contributed by atoms with E-state index in [1.807, 2.05) is 4.68 Å². The van der Waals surface area contributed by atoms with Gasteiger partial charge in [-0.25, -0.2) is 4.68 Å². The van der Waals surface area contributed by atoms with Crippen molar-refractivity contribution in [3.8, 4) is 0 Å². The second-order valence-corrected chi connectivity index (χ2v) is 6.21. The Morgan fingerprint density at radius 1 is 1.47 bits per heavy atom. The summed E-state index contributed by atoms with van der Waals surface area (Å²) < 4.78 is 1.96. The molecule has 0 bridgehead atoms. The van der Waals surface area contributed by atoms with Crippen molar-refractivity contribution in [1.82, 2.24) is 25.5 Å². The van der Waals surface area contributed by atoms with Crippen LogP contribution in [-0.4, -0.2) is 37.3 Å². The standard InChI is InChI=1S/C11H21N5S/c1-9(2)12-7-11-13-14-15-16(11)8-10-5-3-4-6-17-10/h9-10,12H,3-8H2,1-2H3. The highest BCUT2D eigenvalue weighted by molar-refractivity contribution is 7.99. The minimum atomic E-state index is 0.462. The van der Waals surface area contributed by atoms with Gasteiger partial charge in [0.1, 0.15) is 0 Å². The first-order valence-electron chi connectivity index (χ1n) is 6.35. The smallest absolute Gasteiger partial charge is 0.165 e. The van der Waals surface area contributed by atoms with Gasteiger partial charge in [0.15, 0.2) is 5.82 Å². The Morgan fingerprint density at radius 3 is 3.06 bits per heavy atom. The summed E-state index contributed by atoms with van der Waals surface area (Å²) in [7, 11) is 0. The highest BCUT2D eigenvalue weighted by Gasteiger charge is 2.17. The molecule has 1 fully saturated rings. The van der Waals surface area contributed by atoms with E-state index in [0.717, 1.165) is 18.9 Å². The summed E-state index contributed by atoms with van der Waals surface area (Å²) in [6.07, 6.45) is 4.00. The van der Waals surface area contributed by atoms with Crippen LogP contribution >= 0.6 is 11.8 Å². The van der Waals surface area contributed by atoms with Gasteiger partial charge in [-0.05, 0) is 29.0 Å². The van der Waals surface area contributed by atoms with E-state index in [1.54, 1.807) is 0 Å². The Kier molecular flexibility index (Phi) is 4.79. The van der Waals surface area contributed by atoms with E-state index in [1.165, 1.54) is 25.0 Å². The van der Waals surface area contributed by atoms with Crippen molar-refractivity contribution in [2.75, 3.05) is 5.75 Å². The maximum absolute atomic E-state index is 4.09. The Labute approximate surface area is 107 Å². The molecule has 0 radical (unpaired) electrons. The third-order valence-corrected chi connectivity index (χ3v) is 4.31. The van der Waals surface area contributed by atoms with E-state index in [4.69, 9.17) is 0 Å². The lowest BCUT2D eigenvalue weighted by Crippen LogP contribution is -2.26. The molecule has 6 heteroatoms. The number of nitrogens with one attached hydrogen (secondary N) is 1. The van der Waals surface area contributed by atoms with Gasteiger partial charge in [0, 0.05) is 11.3 Å². The minimum absolute atomic E-state index is 0.462. The molecule has 2 heterocycles. The van der Waals surface area contributed by atoms with Gasteiger partial charge in [0.05, 0.1) is 13.1 Å². The van der Waals surface area contributed by atoms with Crippen LogP contribution in [0.15, 0.2) is 0 Å². The molecular formula is C11H21N5S. The Balaban J connectivity index is 1.88. The summed E-state index contributed by atoms with van der Waals surface area (Å²) in [4.78, 5) is 0. The fourth-order valence-electron chi connectivity index (χ4n) is 1.93. The van der Waals surface area contributed by atoms with Gasteiger partial charge in [0.2, 0.25) is 0 Å². The van der Waals surface area contributed by atoms with Gasteiger partial charge in [0.25, 0.3) is 0 Å².